The Morgan fingerprint density at radius 2 is 1.85 bits per heavy atom. The van der Waals surface area contributed by atoms with Crippen molar-refractivity contribution in [1.82, 2.24) is 19.8 Å². The molecule has 0 radical (unpaired) electrons. The third-order valence-electron chi connectivity index (χ3n) is 4.77. The quantitative estimate of drug-likeness (QED) is 0.405. The minimum atomic E-state index is -4.23. The van der Waals surface area contributed by atoms with Gasteiger partial charge in [0.15, 0.2) is 0 Å². The molecule has 34 heavy (non-hydrogen) atoms. The Bertz CT molecular complexity index is 1430. The van der Waals surface area contributed by atoms with E-state index in [4.69, 9.17) is 4.74 Å². The molecule has 0 saturated carbocycles. The number of amides is 1. The maximum atomic E-state index is 13.1. The average Bonchev–Trinajstić information content (AvgIpc) is 3.22. The summed E-state index contributed by atoms with van der Waals surface area (Å²) < 4.78 is 73.3. The Morgan fingerprint density at radius 3 is 2.47 bits per heavy atom. The number of carbonyl (C=O) groups excluding carboxylic acids is 1. The topological polar surface area (TPSA) is 148 Å². The monoisotopic (exact) mass is 509 g/mol. The van der Waals surface area contributed by atoms with Crippen molar-refractivity contribution < 1.29 is 30.8 Å². The van der Waals surface area contributed by atoms with E-state index in [9.17, 15) is 26.0 Å². The second kappa shape index (κ2) is 9.04. The lowest BCUT2D eigenvalue weighted by atomic mass is 10.1. The molecule has 3 N–H and O–H groups in total. The average molecular weight is 510 g/mol. The Balaban J connectivity index is 1.63. The van der Waals surface area contributed by atoms with Gasteiger partial charge in [-0.25, -0.2) is 30.6 Å². The van der Waals surface area contributed by atoms with Crippen LogP contribution in [0.3, 0.4) is 0 Å². The van der Waals surface area contributed by atoms with Crippen molar-refractivity contribution in [3.8, 4) is 11.4 Å². The van der Waals surface area contributed by atoms with Gasteiger partial charge in [-0.15, -0.1) is 0 Å². The van der Waals surface area contributed by atoms with E-state index >= 15 is 0 Å². The number of ether oxygens (including phenoxy) is 1. The van der Waals surface area contributed by atoms with Crippen molar-refractivity contribution in [2.75, 3.05) is 24.1 Å². The highest BCUT2D eigenvalue weighted by Gasteiger charge is 2.24. The van der Waals surface area contributed by atoms with Gasteiger partial charge in [0.1, 0.15) is 22.6 Å². The van der Waals surface area contributed by atoms with Crippen LogP contribution in [-0.4, -0.2) is 58.0 Å². The maximum Gasteiger partial charge on any atom is 0.266 e. The van der Waals surface area contributed by atoms with Gasteiger partial charge in [0.25, 0.3) is 15.9 Å². The number of nitrogens with zero attached hydrogens (tertiary/aromatic N) is 2. The van der Waals surface area contributed by atoms with E-state index in [1.165, 1.54) is 53.3 Å². The summed E-state index contributed by atoms with van der Waals surface area (Å²) in [6, 6.07) is 9.31. The molecule has 2 heterocycles. The smallest absolute Gasteiger partial charge is 0.266 e. The second-order valence-corrected chi connectivity index (χ2v) is 10.9. The molecule has 3 aromatic rings. The van der Waals surface area contributed by atoms with Crippen LogP contribution in [0.1, 0.15) is 10.4 Å². The highest BCUT2D eigenvalue weighted by molar-refractivity contribution is 7.92. The van der Waals surface area contributed by atoms with Gasteiger partial charge in [-0.1, -0.05) is 0 Å². The van der Waals surface area contributed by atoms with Crippen molar-refractivity contribution in [2.24, 2.45) is 0 Å². The van der Waals surface area contributed by atoms with Crippen LogP contribution in [0.2, 0.25) is 0 Å². The van der Waals surface area contributed by atoms with Gasteiger partial charge in [-0.2, -0.15) is 5.10 Å². The number of anilines is 1. The molecule has 1 aliphatic heterocycles. The molecule has 0 bridgehead atoms. The Kier molecular flexibility index (Phi) is 6.29. The van der Waals surface area contributed by atoms with Crippen molar-refractivity contribution in [3.05, 3.63) is 66.2 Å². The molecule has 1 saturated heterocycles. The lowest BCUT2D eigenvalue weighted by Crippen LogP contribution is -2.50. The third kappa shape index (κ3) is 5.52. The number of aromatic nitrogens is 2. The molecular formula is C20H20FN5O6S2. The summed E-state index contributed by atoms with van der Waals surface area (Å²) >= 11 is 0. The number of hydrogen-bond acceptors (Lipinski definition) is 8. The molecule has 0 unspecified atom stereocenters. The second-order valence-electron chi connectivity index (χ2n) is 7.51. The van der Waals surface area contributed by atoms with Gasteiger partial charge >= 0.3 is 0 Å². The largest absolute Gasteiger partial charge is 0.488 e. The van der Waals surface area contributed by atoms with Crippen molar-refractivity contribution >= 4 is 31.6 Å². The molecule has 14 heteroatoms. The fraction of sp³-hybridized carbons (Fsp3) is 0.200. The number of rotatable bonds is 8. The van der Waals surface area contributed by atoms with E-state index in [0.29, 0.717) is 18.8 Å². The lowest BCUT2D eigenvalue weighted by molar-refractivity contribution is 0.0980. The first-order valence-electron chi connectivity index (χ1n) is 9.87. The zero-order chi connectivity index (χ0) is 24.5. The number of carbonyl (C=O) groups is 1. The first-order chi connectivity index (χ1) is 16.0. The molecule has 0 atom stereocenters. The van der Waals surface area contributed by atoms with Gasteiger partial charge in [-0.3, -0.25) is 9.52 Å². The maximum absolute atomic E-state index is 13.1. The van der Waals surface area contributed by atoms with Gasteiger partial charge in [0.05, 0.1) is 35.6 Å². The molecule has 2 aromatic carbocycles. The Hall–Kier alpha value is -3.49. The first kappa shape index (κ1) is 23.7. The van der Waals surface area contributed by atoms with Gasteiger partial charge in [-0.05, 0) is 42.5 Å². The first-order valence-corrected chi connectivity index (χ1v) is 13.2. The normalized spacial score (nSPS) is 14.3. The predicted molar refractivity (Wildman–Crippen MR) is 120 cm³/mol. The number of hydrogen-bond donors (Lipinski definition) is 3. The van der Waals surface area contributed by atoms with Crippen LogP contribution in [0.25, 0.3) is 5.69 Å². The molecule has 0 spiro atoms. The van der Waals surface area contributed by atoms with Crippen molar-refractivity contribution in [2.45, 2.75) is 11.0 Å². The molecule has 1 aromatic heterocycles. The zero-order valence-electron chi connectivity index (χ0n) is 17.7. The summed E-state index contributed by atoms with van der Waals surface area (Å²) in [4.78, 5) is 12.4. The zero-order valence-corrected chi connectivity index (χ0v) is 19.4. The fourth-order valence-electron chi connectivity index (χ4n) is 3.02. The van der Waals surface area contributed by atoms with Gasteiger partial charge in [0.2, 0.25) is 10.0 Å². The molecule has 1 amide bonds. The van der Waals surface area contributed by atoms with Crippen LogP contribution in [0.15, 0.2) is 59.8 Å². The van der Waals surface area contributed by atoms with E-state index in [-0.39, 0.29) is 28.0 Å². The number of nitrogens with one attached hydrogen (secondary N) is 3. The van der Waals surface area contributed by atoms with E-state index in [2.05, 4.69) is 15.1 Å². The standard InChI is InChI=1S/C20H20FN5O6S2/c1-33(28,29)25-20(27)18-8-15(32-16-9-22-10-16)6-7-19(18)24-34(30,31)17-11-23-26(12-17)14-4-2-13(21)3-5-14/h2-8,11-12,16,22,24H,9-10H2,1H3,(H,25,27). The summed E-state index contributed by atoms with van der Waals surface area (Å²) in [7, 11) is -8.14. The molecule has 0 aliphatic carbocycles. The Morgan fingerprint density at radius 1 is 1.15 bits per heavy atom. The fourth-order valence-corrected chi connectivity index (χ4v) is 4.48. The molecule has 11 nitrogen and oxygen atoms in total. The lowest BCUT2D eigenvalue weighted by Gasteiger charge is -2.28. The van der Waals surface area contributed by atoms with E-state index in [1.807, 2.05) is 4.72 Å². The minimum Gasteiger partial charge on any atom is -0.488 e. The molecule has 180 valence electrons. The van der Waals surface area contributed by atoms with Crippen LogP contribution < -0.4 is 19.5 Å². The van der Waals surface area contributed by atoms with Crippen LogP contribution >= 0.6 is 0 Å². The van der Waals surface area contributed by atoms with Gasteiger partial charge < -0.3 is 10.1 Å². The van der Waals surface area contributed by atoms with Crippen LogP contribution in [0, 0.1) is 5.82 Å². The molecular weight excluding hydrogens is 489 g/mol. The van der Waals surface area contributed by atoms with E-state index in [0.717, 1.165) is 12.5 Å². The molecule has 1 fully saturated rings. The summed E-state index contributed by atoms with van der Waals surface area (Å²) in [5.41, 5.74) is 0.0301. The molecule has 1 aliphatic rings. The molecule has 4 rings (SSSR count). The highest BCUT2D eigenvalue weighted by Crippen LogP contribution is 2.26. The van der Waals surface area contributed by atoms with E-state index < -0.39 is 31.8 Å². The van der Waals surface area contributed by atoms with E-state index in [1.54, 1.807) is 0 Å². The van der Waals surface area contributed by atoms with Crippen LogP contribution in [0.4, 0.5) is 10.1 Å². The summed E-state index contributed by atoms with van der Waals surface area (Å²) in [5.74, 6) is -1.21. The summed E-state index contributed by atoms with van der Waals surface area (Å²) in [6.45, 7) is 1.22. The van der Waals surface area contributed by atoms with Gasteiger partial charge in [0, 0.05) is 13.1 Å². The third-order valence-corrected chi connectivity index (χ3v) is 6.64. The predicted octanol–water partition coefficient (Wildman–Crippen LogP) is 0.852. The van der Waals surface area contributed by atoms with Crippen molar-refractivity contribution in [3.63, 3.8) is 0 Å². The Labute approximate surface area is 195 Å². The van der Waals surface area contributed by atoms with Crippen molar-refractivity contribution in [1.29, 1.82) is 0 Å². The number of benzene rings is 2. The summed E-state index contributed by atoms with van der Waals surface area (Å²) in [5, 5.41) is 7.01. The number of sulfonamides is 2. The SMILES string of the molecule is CS(=O)(=O)NC(=O)c1cc(OC2CNC2)ccc1NS(=O)(=O)c1cnn(-c2ccc(F)cc2)c1. The van der Waals surface area contributed by atoms with Crippen LogP contribution in [-0.2, 0) is 20.0 Å². The highest BCUT2D eigenvalue weighted by atomic mass is 32.2. The number of halogens is 1. The van der Waals surface area contributed by atoms with Crippen LogP contribution in [0.5, 0.6) is 5.75 Å². The minimum absolute atomic E-state index is 0.120. The summed E-state index contributed by atoms with van der Waals surface area (Å²) in [6.07, 6.45) is 2.99.